The minimum absolute atomic E-state index is 0.163. The number of nitrogens with one attached hydrogen (secondary N) is 1. The highest BCUT2D eigenvalue weighted by atomic mass is 19.1. The molecule has 1 saturated carbocycles. The molecule has 0 aliphatic heterocycles. The molecule has 1 atom stereocenters. The van der Waals surface area contributed by atoms with Crippen LogP contribution < -0.4 is 5.32 Å². The summed E-state index contributed by atoms with van der Waals surface area (Å²) in [7, 11) is 0. The maximum Gasteiger partial charge on any atom is 0.123 e. The zero-order chi connectivity index (χ0) is 9.97. The molecule has 0 saturated heterocycles. The van der Waals surface area contributed by atoms with Crippen LogP contribution in [-0.2, 0) is 6.54 Å². The molecule has 2 heteroatoms. The second kappa shape index (κ2) is 4.09. The zero-order valence-electron chi connectivity index (χ0n) is 8.46. The van der Waals surface area contributed by atoms with Crippen LogP contribution in [-0.4, -0.2) is 6.04 Å². The van der Waals surface area contributed by atoms with Crippen LogP contribution >= 0.6 is 0 Å². The molecule has 1 aromatic rings. The Kier molecular flexibility index (Phi) is 2.82. The van der Waals surface area contributed by atoms with Crippen molar-refractivity contribution < 1.29 is 4.39 Å². The molecule has 0 radical (unpaired) electrons. The SMILES string of the molecule is CC(NCc1ccc(F)cc1)C1CC1. The summed E-state index contributed by atoms with van der Waals surface area (Å²) in [6.45, 7) is 3.07. The monoisotopic (exact) mass is 193 g/mol. The van der Waals surface area contributed by atoms with Gasteiger partial charge in [-0.1, -0.05) is 12.1 Å². The minimum atomic E-state index is -0.163. The highest BCUT2D eigenvalue weighted by Gasteiger charge is 2.27. The molecular weight excluding hydrogens is 177 g/mol. The van der Waals surface area contributed by atoms with E-state index in [1.54, 1.807) is 0 Å². The Bertz CT molecular complexity index is 290. The highest BCUT2D eigenvalue weighted by Crippen LogP contribution is 2.32. The van der Waals surface area contributed by atoms with Gasteiger partial charge in [-0.05, 0) is 43.4 Å². The van der Waals surface area contributed by atoms with E-state index in [2.05, 4.69) is 12.2 Å². The molecule has 0 heterocycles. The lowest BCUT2D eigenvalue weighted by molar-refractivity contribution is 0.496. The molecule has 1 aliphatic carbocycles. The molecule has 1 unspecified atom stereocenters. The Morgan fingerprint density at radius 2 is 2.00 bits per heavy atom. The van der Waals surface area contributed by atoms with E-state index in [4.69, 9.17) is 0 Å². The molecule has 1 aliphatic rings. The molecule has 0 amide bonds. The van der Waals surface area contributed by atoms with Gasteiger partial charge in [0.05, 0.1) is 0 Å². The molecule has 0 spiro atoms. The van der Waals surface area contributed by atoms with E-state index in [0.29, 0.717) is 6.04 Å². The van der Waals surface area contributed by atoms with Gasteiger partial charge in [0, 0.05) is 12.6 Å². The van der Waals surface area contributed by atoms with Crippen LogP contribution in [0, 0.1) is 11.7 Å². The van der Waals surface area contributed by atoms with Crippen LogP contribution in [0.15, 0.2) is 24.3 Å². The molecule has 1 fully saturated rings. The average molecular weight is 193 g/mol. The van der Waals surface area contributed by atoms with E-state index in [9.17, 15) is 4.39 Å². The van der Waals surface area contributed by atoms with Gasteiger partial charge in [0.1, 0.15) is 5.82 Å². The van der Waals surface area contributed by atoms with Crippen molar-refractivity contribution in [3.63, 3.8) is 0 Å². The summed E-state index contributed by atoms with van der Waals surface area (Å²) in [5.41, 5.74) is 1.15. The van der Waals surface area contributed by atoms with Crippen molar-refractivity contribution in [1.82, 2.24) is 5.32 Å². The van der Waals surface area contributed by atoms with E-state index in [1.165, 1.54) is 25.0 Å². The first-order valence-electron chi connectivity index (χ1n) is 5.23. The van der Waals surface area contributed by atoms with Gasteiger partial charge in [0.25, 0.3) is 0 Å². The number of rotatable bonds is 4. The molecule has 1 aromatic carbocycles. The van der Waals surface area contributed by atoms with Gasteiger partial charge in [-0.2, -0.15) is 0 Å². The fourth-order valence-electron chi connectivity index (χ4n) is 1.64. The second-order valence-corrected chi connectivity index (χ2v) is 4.13. The predicted octanol–water partition coefficient (Wildman–Crippen LogP) is 2.71. The predicted molar refractivity (Wildman–Crippen MR) is 55.4 cm³/mol. The molecule has 2 rings (SSSR count). The Balaban J connectivity index is 1.82. The van der Waals surface area contributed by atoms with Crippen molar-refractivity contribution in [2.24, 2.45) is 5.92 Å². The molecule has 0 bridgehead atoms. The fourth-order valence-corrected chi connectivity index (χ4v) is 1.64. The van der Waals surface area contributed by atoms with E-state index < -0.39 is 0 Å². The quantitative estimate of drug-likeness (QED) is 0.775. The van der Waals surface area contributed by atoms with Crippen molar-refractivity contribution >= 4 is 0 Å². The molecular formula is C12H16FN. The molecule has 76 valence electrons. The number of halogens is 1. The Morgan fingerprint density at radius 1 is 1.36 bits per heavy atom. The third-order valence-corrected chi connectivity index (χ3v) is 2.87. The normalized spacial score (nSPS) is 18.1. The van der Waals surface area contributed by atoms with E-state index in [0.717, 1.165) is 18.0 Å². The first-order chi connectivity index (χ1) is 6.75. The van der Waals surface area contributed by atoms with Gasteiger partial charge in [-0.3, -0.25) is 0 Å². The van der Waals surface area contributed by atoms with Crippen molar-refractivity contribution in [1.29, 1.82) is 0 Å². The maximum absolute atomic E-state index is 12.6. The largest absolute Gasteiger partial charge is 0.310 e. The van der Waals surface area contributed by atoms with E-state index in [-0.39, 0.29) is 5.82 Å². The Hall–Kier alpha value is -0.890. The molecule has 14 heavy (non-hydrogen) atoms. The summed E-state index contributed by atoms with van der Waals surface area (Å²) in [4.78, 5) is 0. The average Bonchev–Trinajstić information content (AvgIpc) is 3.00. The smallest absolute Gasteiger partial charge is 0.123 e. The minimum Gasteiger partial charge on any atom is -0.310 e. The fraction of sp³-hybridized carbons (Fsp3) is 0.500. The maximum atomic E-state index is 12.6. The van der Waals surface area contributed by atoms with Crippen LogP contribution in [0.1, 0.15) is 25.3 Å². The summed E-state index contributed by atoms with van der Waals surface area (Å²) in [5.74, 6) is 0.708. The Labute approximate surface area is 84.3 Å². The van der Waals surface area contributed by atoms with E-state index >= 15 is 0 Å². The standard InChI is InChI=1S/C12H16FN/c1-9(11-4-5-11)14-8-10-2-6-12(13)7-3-10/h2-3,6-7,9,11,14H,4-5,8H2,1H3. The van der Waals surface area contributed by atoms with Crippen molar-refractivity contribution in [3.05, 3.63) is 35.6 Å². The second-order valence-electron chi connectivity index (χ2n) is 4.13. The van der Waals surface area contributed by atoms with E-state index in [1.807, 2.05) is 12.1 Å². The van der Waals surface area contributed by atoms with Gasteiger partial charge in [-0.25, -0.2) is 4.39 Å². The summed E-state index contributed by atoms with van der Waals surface area (Å²) in [6, 6.07) is 7.29. The lowest BCUT2D eigenvalue weighted by Crippen LogP contribution is -2.27. The van der Waals surface area contributed by atoms with Crippen molar-refractivity contribution in [2.75, 3.05) is 0 Å². The van der Waals surface area contributed by atoms with Crippen molar-refractivity contribution in [3.8, 4) is 0 Å². The topological polar surface area (TPSA) is 12.0 Å². The summed E-state index contributed by atoms with van der Waals surface area (Å²) in [6.07, 6.45) is 2.72. The van der Waals surface area contributed by atoms with Gasteiger partial charge in [0.2, 0.25) is 0 Å². The molecule has 1 N–H and O–H groups in total. The third-order valence-electron chi connectivity index (χ3n) is 2.87. The van der Waals surface area contributed by atoms with Crippen LogP contribution in [0.25, 0.3) is 0 Å². The van der Waals surface area contributed by atoms with Crippen LogP contribution in [0.5, 0.6) is 0 Å². The number of hydrogen-bond acceptors (Lipinski definition) is 1. The summed E-state index contributed by atoms with van der Waals surface area (Å²) < 4.78 is 12.6. The number of hydrogen-bond donors (Lipinski definition) is 1. The first-order valence-corrected chi connectivity index (χ1v) is 5.23. The number of benzene rings is 1. The van der Waals surface area contributed by atoms with Gasteiger partial charge < -0.3 is 5.32 Å². The lowest BCUT2D eigenvalue weighted by Gasteiger charge is -2.12. The molecule has 0 aromatic heterocycles. The van der Waals surface area contributed by atoms with Gasteiger partial charge in [0.15, 0.2) is 0 Å². The van der Waals surface area contributed by atoms with Crippen LogP contribution in [0.3, 0.4) is 0 Å². The van der Waals surface area contributed by atoms with Gasteiger partial charge >= 0.3 is 0 Å². The highest BCUT2D eigenvalue weighted by molar-refractivity contribution is 5.15. The third kappa shape index (κ3) is 2.55. The summed E-state index contributed by atoms with van der Waals surface area (Å²) in [5, 5.41) is 3.46. The first kappa shape index (κ1) is 9.66. The Morgan fingerprint density at radius 3 is 2.57 bits per heavy atom. The van der Waals surface area contributed by atoms with Crippen LogP contribution in [0.4, 0.5) is 4.39 Å². The molecule has 1 nitrogen and oxygen atoms in total. The van der Waals surface area contributed by atoms with Crippen molar-refractivity contribution in [2.45, 2.75) is 32.4 Å². The lowest BCUT2D eigenvalue weighted by atomic mass is 10.2. The van der Waals surface area contributed by atoms with Crippen LogP contribution in [0.2, 0.25) is 0 Å². The van der Waals surface area contributed by atoms with Gasteiger partial charge in [-0.15, -0.1) is 0 Å². The summed E-state index contributed by atoms with van der Waals surface area (Å²) >= 11 is 0. The zero-order valence-corrected chi connectivity index (χ0v) is 8.46.